The van der Waals surface area contributed by atoms with E-state index in [1.807, 2.05) is 71.4 Å². The number of amides is 1. The summed E-state index contributed by atoms with van der Waals surface area (Å²) in [6.07, 6.45) is 0.350. The van der Waals surface area contributed by atoms with E-state index < -0.39 is 12.0 Å². The summed E-state index contributed by atoms with van der Waals surface area (Å²) in [5.74, 6) is -0.768. The fourth-order valence-electron chi connectivity index (χ4n) is 3.01. The van der Waals surface area contributed by atoms with Crippen molar-refractivity contribution in [2.24, 2.45) is 0 Å². The number of rotatable bonds is 8. The molecular formula is C24H20N2O3S2. The minimum Gasteiger partial charge on any atom is -0.458 e. The van der Waals surface area contributed by atoms with Gasteiger partial charge in [-0.3, -0.25) is 4.79 Å². The lowest BCUT2D eigenvalue weighted by Gasteiger charge is -2.17. The van der Waals surface area contributed by atoms with E-state index in [1.54, 1.807) is 12.1 Å². The van der Waals surface area contributed by atoms with Crippen molar-refractivity contribution in [1.29, 1.82) is 0 Å². The van der Waals surface area contributed by atoms with Crippen LogP contribution in [0.3, 0.4) is 0 Å². The molecule has 2 aromatic heterocycles. The van der Waals surface area contributed by atoms with E-state index >= 15 is 0 Å². The SMILES string of the molecule is O=C(N[C@H](Cc1ccccc1)C(=O)OCc1csc(-c2ccccc2)n1)c1cccs1. The molecule has 0 radical (unpaired) electrons. The normalized spacial score (nSPS) is 11.6. The van der Waals surface area contributed by atoms with Gasteiger partial charge in [0.15, 0.2) is 0 Å². The average Bonchev–Trinajstić information content (AvgIpc) is 3.51. The second kappa shape index (κ2) is 10.1. The number of nitrogens with one attached hydrogen (secondary N) is 1. The van der Waals surface area contributed by atoms with Gasteiger partial charge in [-0.15, -0.1) is 22.7 Å². The van der Waals surface area contributed by atoms with Crippen LogP contribution in [0, 0.1) is 0 Å². The summed E-state index contributed by atoms with van der Waals surface area (Å²) in [4.78, 5) is 30.5. The first-order valence-corrected chi connectivity index (χ1v) is 11.5. The first kappa shape index (κ1) is 21.0. The third-order valence-corrected chi connectivity index (χ3v) is 6.36. The van der Waals surface area contributed by atoms with Crippen LogP contribution in [0.25, 0.3) is 10.6 Å². The number of hydrogen-bond acceptors (Lipinski definition) is 6. The predicted molar refractivity (Wildman–Crippen MR) is 123 cm³/mol. The average molecular weight is 449 g/mol. The lowest BCUT2D eigenvalue weighted by Crippen LogP contribution is -2.43. The van der Waals surface area contributed by atoms with Crippen molar-refractivity contribution in [2.75, 3.05) is 0 Å². The van der Waals surface area contributed by atoms with Crippen LogP contribution in [0.5, 0.6) is 0 Å². The molecule has 0 unspecified atom stereocenters. The Morgan fingerprint density at radius 3 is 2.39 bits per heavy atom. The Bertz CT molecular complexity index is 1130. The van der Waals surface area contributed by atoms with Gasteiger partial charge in [-0.1, -0.05) is 66.7 Å². The molecule has 2 heterocycles. The highest BCUT2D eigenvalue weighted by Crippen LogP contribution is 2.23. The molecule has 0 saturated heterocycles. The van der Waals surface area contributed by atoms with Crippen molar-refractivity contribution in [3.8, 4) is 10.6 Å². The molecule has 1 N–H and O–H groups in total. The lowest BCUT2D eigenvalue weighted by atomic mass is 10.1. The topological polar surface area (TPSA) is 68.3 Å². The summed E-state index contributed by atoms with van der Waals surface area (Å²) in [5.41, 5.74) is 2.64. The summed E-state index contributed by atoms with van der Waals surface area (Å²) in [7, 11) is 0. The zero-order valence-corrected chi connectivity index (χ0v) is 18.2. The number of esters is 1. The molecular weight excluding hydrogens is 428 g/mol. The fraction of sp³-hybridized carbons (Fsp3) is 0.125. The maximum absolute atomic E-state index is 12.8. The van der Waals surface area contributed by atoms with E-state index in [4.69, 9.17) is 4.74 Å². The molecule has 0 aliphatic heterocycles. The van der Waals surface area contributed by atoms with Crippen molar-refractivity contribution in [3.05, 3.63) is 99.7 Å². The van der Waals surface area contributed by atoms with E-state index in [0.29, 0.717) is 17.0 Å². The van der Waals surface area contributed by atoms with Gasteiger partial charge in [0, 0.05) is 17.4 Å². The number of carbonyl (C=O) groups excluding carboxylic acids is 2. The van der Waals surface area contributed by atoms with Gasteiger partial charge < -0.3 is 10.1 Å². The highest BCUT2D eigenvalue weighted by atomic mass is 32.1. The van der Waals surface area contributed by atoms with Crippen molar-refractivity contribution in [3.63, 3.8) is 0 Å². The van der Waals surface area contributed by atoms with Crippen LogP contribution in [0.15, 0.2) is 83.6 Å². The third kappa shape index (κ3) is 5.65. The van der Waals surface area contributed by atoms with Gasteiger partial charge in [0.1, 0.15) is 17.7 Å². The van der Waals surface area contributed by atoms with Crippen molar-refractivity contribution < 1.29 is 14.3 Å². The van der Waals surface area contributed by atoms with Crippen molar-refractivity contribution in [2.45, 2.75) is 19.1 Å². The first-order chi connectivity index (χ1) is 15.2. The van der Waals surface area contributed by atoms with Crippen LogP contribution in [0.1, 0.15) is 20.9 Å². The van der Waals surface area contributed by atoms with Gasteiger partial charge in [-0.05, 0) is 17.0 Å². The molecule has 0 fully saturated rings. The molecule has 7 heteroatoms. The number of ether oxygens (including phenoxy) is 1. The zero-order chi connectivity index (χ0) is 21.5. The maximum atomic E-state index is 12.8. The van der Waals surface area contributed by atoms with Crippen LogP contribution in [-0.4, -0.2) is 22.9 Å². The minimum atomic E-state index is -0.788. The first-order valence-electron chi connectivity index (χ1n) is 9.74. The Balaban J connectivity index is 1.42. The van der Waals surface area contributed by atoms with Crippen LogP contribution >= 0.6 is 22.7 Å². The molecule has 0 spiro atoms. The largest absolute Gasteiger partial charge is 0.458 e. The van der Waals surface area contributed by atoms with E-state index in [0.717, 1.165) is 16.1 Å². The molecule has 1 amide bonds. The highest BCUT2D eigenvalue weighted by Gasteiger charge is 2.24. The molecule has 0 saturated carbocycles. The Morgan fingerprint density at radius 2 is 1.68 bits per heavy atom. The number of nitrogens with zero attached hydrogens (tertiary/aromatic N) is 1. The number of benzene rings is 2. The molecule has 0 bridgehead atoms. The molecule has 0 aliphatic carbocycles. The molecule has 4 aromatic rings. The quantitative estimate of drug-likeness (QED) is 0.387. The summed E-state index contributed by atoms with van der Waals surface area (Å²) in [5, 5.41) is 7.39. The second-order valence-electron chi connectivity index (χ2n) is 6.81. The van der Waals surface area contributed by atoms with Crippen LogP contribution in [0.4, 0.5) is 0 Å². The molecule has 5 nitrogen and oxygen atoms in total. The molecule has 0 aliphatic rings. The van der Waals surface area contributed by atoms with E-state index in [2.05, 4.69) is 10.3 Å². The van der Waals surface area contributed by atoms with Gasteiger partial charge in [0.05, 0.1) is 10.6 Å². The number of hydrogen-bond donors (Lipinski definition) is 1. The molecule has 156 valence electrons. The minimum absolute atomic E-state index is 0.0579. The zero-order valence-electron chi connectivity index (χ0n) is 16.6. The second-order valence-corrected chi connectivity index (χ2v) is 8.62. The summed E-state index contributed by atoms with van der Waals surface area (Å²) < 4.78 is 5.52. The van der Waals surface area contributed by atoms with Gasteiger partial charge >= 0.3 is 5.97 Å². The Morgan fingerprint density at radius 1 is 0.935 bits per heavy atom. The van der Waals surface area contributed by atoms with Gasteiger partial charge in [-0.25, -0.2) is 9.78 Å². The molecule has 31 heavy (non-hydrogen) atoms. The maximum Gasteiger partial charge on any atom is 0.329 e. The molecule has 2 aromatic carbocycles. The van der Waals surface area contributed by atoms with E-state index in [-0.39, 0.29) is 12.5 Å². The van der Waals surface area contributed by atoms with Gasteiger partial charge in [0.2, 0.25) is 0 Å². The highest BCUT2D eigenvalue weighted by molar-refractivity contribution is 7.13. The van der Waals surface area contributed by atoms with Crippen molar-refractivity contribution in [1.82, 2.24) is 10.3 Å². The standard InChI is InChI=1S/C24H20N2O3S2/c27-22(21-12-7-13-30-21)26-20(14-17-8-3-1-4-9-17)24(28)29-15-19-16-31-23(25-19)18-10-5-2-6-11-18/h1-13,16,20H,14-15H2,(H,26,27)/t20-/m1/s1. The number of aromatic nitrogens is 1. The predicted octanol–water partition coefficient (Wildman–Crippen LogP) is 4.96. The number of thiophene rings is 1. The Hall–Kier alpha value is -3.29. The molecule has 4 rings (SSSR count). The fourth-order valence-corrected chi connectivity index (χ4v) is 4.45. The monoisotopic (exact) mass is 448 g/mol. The third-order valence-electron chi connectivity index (χ3n) is 4.55. The Kier molecular flexibility index (Phi) is 6.86. The Labute approximate surface area is 188 Å². The van der Waals surface area contributed by atoms with Gasteiger partial charge in [0.25, 0.3) is 5.91 Å². The molecule has 1 atom stereocenters. The van der Waals surface area contributed by atoms with Crippen LogP contribution in [-0.2, 0) is 22.6 Å². The number of thiazole rings is 1. The van der Waals surface area contributed by atoms with Crippen LogP contribution < -0.4 is 5.32 Å². The lowest BCUT2D eigenvalue weighted by molar-refractivity contribution is -0.147. The van der Waals surface area contributed by atoms with E-state index in [9.17, 15) is 9.59 Å². The summed E-state index contributed by atoms with van der Waals surface area (Å²) in [6, 6.07) is 22.2. The summed E-state index contributed by atoms with van der Waals surface area (Å²) in [6.45, 7) is 0.0579. The van der Waals surface area contributed by atoms with E-state index in [1.165, 1.54) is 22.7 Å². The summed E-state index contributed by atoms with van der Waals surface area (Å²) >= 11 is 2.83. The smallest absolute Gasteiger partial charge is 0.329 e. The number of carbonyl (C=O) groups is 2. The van der Waals surface area contributed by atoms with Crippen molar-refractivity contribution >= 4 is 34.6 Å². The van der Waals surface area contributed by atoms with Gasteiger partial charge in [-0.2, -0.15) is 0 Å². The van der Waals surface area contributed by atoms with Crippen LogP contribution in [0.2, 0.25) is 0 Å².